The molecule has 2 fully saturated rings. The average Bonchev–Trinajstić information content (AvgIpc) is 3.06. The van der Waals surface area contributed by atoms with Gasteiger partial charge in [-0.25, -0.2) is 4.79 Å². The van der Waals surface area contributed by atoms with E-state index in [-0.39, 0.29) is 31.0 Å². The molecule has 3 heterocycles. The molecule has 2 saturated heterocycles. The molecule has 1 aromatic heterocycles. The van der Waals surface area contributed by atoms with Gasteiger partial charge in [-0.3, -0.25) is 9.48 Å². The van der Waals surface area contributed by atoms with Gasteiger partial charge in [-0.15, -0.1) is 12.4 Å². The summed E-state index contributed by atoms with van der Waals surface area (Å²) in [7, 11) is 0. The predicted octanol–water partition coefficient (Wildman–Crippen LogP) is 0.730. The Hall–Kier alpha value is -1.80. The first-order valence-corrected chi connectivity index (χ1v) is 8.65. The summed E-state index contributed by atoms with van der Waals surface area (Å²) in [4.78, 5) is 25.1. The standard InChI is InChI=1S/C16H25N5O3.ClH/c22-15(18-6-9-20-7-2-10-24-16(20)23)12-21-8-4-14(19-21)13-3-1-5-17-11-13;/h4,8,13,17H,1-3,5-7,9-12H2,(H,18,22);1H. The number of nitrogens with zero attached hydrogens (tertiary/aromatic N) is 3. The molecule has 1 atom stereocenters. The van der Waals surface area contributed by atoms with Gasteiger partial charge in [0.05, 0.1) is 12.3 Å². The summed E-state index contributed by atoms with van der Waals surface area (Å²) in [5.74, 6) is 0.338. The summed E-state index contributed by atoms with van der Waals surface area (Å²) < 4.78 is 6.63. The summed E-state index contributed by atoms with van der Waals surface area (Å²) in [6.45, 7) is 4.30. The van der Waals surface area contributed by atoms with Crippen molar-refractivity contribution in [3.63, 3.8) is 0 Å². The van der Waals surface area contributed by atoms with E-state index in [0.29, 0.717) is 32.2 Å². The van der Waals surface area contributed by atoms with Crippen molar-refractivity contribution in [1.82, 2.24) is 25.3 Å². The zero-order chi connectivity index (χ0) is 16.8. The number of hydrogen-bond acceptors (Lipinski definition) is 5. The number of carbonyl (C=O) groups excluding carboxylic acids is 2. The van der Waals surface area contributed by atoms with Crippen molar-refractivity contribution in [3.8, 4) is 0 Å². The van der Waals surface area contributed by atoms with Crippen LogP contribution in [-0.4, -0.2) is 66.0 Å². The Bertz CT molecular complexity index is 574. The quantitative estimate of drug-likeness (QED) is 0.769. The maximum atomic E-state index is 12.0. The van der Waals surface area contributed by atoms with Crippen molar-refractivity contribution in [1.29, 1.82) is 0 Å². The van der Waals surface area contributed by atoms with E-state index in [9.17, 15) is 9.59 Å². The van der Waals surface area contributed by atoms with Crippen LogP contribution in [0.3, 0.4) is 0 Å². The van der Waals surface area contributed by atoms with Crippen molar-refractivity contribution >= 4 is 24.4 Å². The molecule has 1 unspecified atom stereocenters. The summed E-state index contributed by atoms with van der Waals surface area (Å²) in [6.07, 6.45) is 4.70. The number of cyclic esters (lactones) is 1. The highest BCUT2D eigenvalue weighted by atomic mass is 35.5. The van der Waals surface area contributed by atoms with Gasteiger partial charge < -0.3 is 20.3 Å². The van der Waals surface area contributed by atoms with Crippen molar-refractivity contribution in [2.24, 2.45) is 0 Å². The summed E-state index contributed by atoms with van der Waals surface area (Å²) in [5, 5.41) is 10.7. The number of amides is 2. The smallest absolute Gasteiger partial charge is 0.409 e. The van der Waals surface area contributed by atoms with Gasteiger partial charge in [-0.05, 0) is 31.9 Å². The van der Waals surface area contributed by atoms with Crippen LogP contribution in [0.5, 0.6) is 0 Å². The molecule has 0 saturated carbocycles. The van der Waals surface area contributed by atoms with Gasteiger partial charge in [-0.1, -0.05) is 0 Å². The second kappa shape index (κ2) is 9.62. The molecule has 140 valence electrons. The fourth-order valence-electron chi connectivity index (χ4n) is 3.12. The summed E-state index contributed by atoms with van der Waals surface area (Å²) >= 11 is 0. The topological polar surface area (TPSA) is 88.5 Å². The van der Waals surface area contributed by atoms with Crippen LogP contribution in [0.2, 0.25) is 0 Å². The minimum Gasteiger partial charge on any atom is -0.449 e. The summed E-state index contributed by atoms with van der Waals surface area (Å²) in [5.41, 5.74) is 1.05. The van der Waals surface area contributed by atoms with Crippen LogP contribution in [0.4, 0.5) is 4.79 Å². The highest BCUT2D eigenvalue weighted by Crippen LogP contribution is 2.21. The zero-order valence-corrected chi connectivity index (χ0v) is 15.1. The number of rotatable bonds is 6. The van der Waals surface area contributed by atoms with Crippen LogP contribution in [0.25, 0.3) is 0 Å². The molecule has 2 aliphatic heterocycles. The molecule has 0 radical (unpaired) electrons. The molecule has 0 aliphatic carbocycles. The van der Waals surface area contributed by atoms with Crippen LogP contribution < -0.4 is 10.6 Å². The largest absolute Gasteiger partial charge is 0.449 e. The molecule has 2 amide bonds. The van der Waals surface area contributed by atoms with Crippen LogP contribution in [0, 0.1) is 0 Å². The maximum Gasteiger partial charge on any atom is 0.409 e. The minimum atomic E-state index is -0.298. The fourth-order valence-corrected chi connectivity index (χ4v) is 3.12. The molecule has 1 aromatic rings. The third kappa shape index (κ3) is 5.61. The van der Waals surface area contributed by atoms with Gasteiger partial charge in [0.25, 0.3) is 0 Å². The van der Waals surface area contributed by atoms with Gasteiger partial charge in [0.2, 0.25) is 5.91 Å². The van der Waals surface area contributed by atoms with Gasteiger partial charge in [0.1, 0.15) is 6.54 Å². The number of hydrogen-bond donors (Lipinski definition) is 2. The van der Waals surface area contributed by atoms with E-state index >= 15 is 0 Å². The normalized spacial score (nSPS) is 20.6. The molecular formula is C16H26ClN5O3. The van der Waals surface area contributed by atoms with E-state index in [2.05, 4.69) is 15.7 Å². The Morgan fingerprint density at radius 2 is 2.32 bits per heavy atom. The third-order valence-electron chi connectivity index (χ3n) is 4.44. The van der Waals surface area contributed by atoms with E-state index in [1.54, 1.807) is 9.58 Å². The lowest BCUT2D eigenvalue weighted by Crippen LogP contribution is -2.43. The van der Waals surface area contributed by atoms with Crippen LogP contribution in [-0.2, 0) is 16.1 Å². The van der Waals surface area contributed by atoms with Crippen molar-refractivity contribution in [2.75, 3.05) is 39.3 Å². The number of halogens is 1. The number of ether oxygens (including phenoxy) is 1. The van der Waals surface area contributed by atoms with Crippen LogP contribution in [0.1, 0.15) is 30.9 Å². The predicted molar refractivity (Wildman–Crippen MR) is 94.9 cm³/mol. The molecular weight excluding hydrogens is 346 g/mol. The Balaban J connectivity index is 0.00000225. The highest BCUT2D eigenvalue weighted by molar-refractivity contribution is 5.85. The molecule has 25 heavy (non-hydrogen) atoms. The SMILES string of the molecule is Cl.O=C(Cn1ccc(C2CCCNC2)n1)NCCN1CCCOC1=O. The number of aromatic nitrogens is 2. The molecule has 8 nitrogen and oxygen atoms in total. The molecule has 2 N–H and O–H groups in total. The van der Waals surface area contributed by atoms with Crippen molar-refractivity contribution < 1.29 is 14.3 Å². The van der Waals surface area contributed by atoms with E-state index in [1.807, 2.05) is 12.3 Å². The van der Waals surface area contributed by atoms with Gasteiger partial charge >= 0.3 is 6.09 Å². The molecule has 3 rings (SSSR count). The highest BCUT2D eigenvalue weighted by Gasteiger charge is 2.20. The second-order valence-electron chi connectivity index (χ2n) is 6.29. The van der Waals surface area contributed by atoms with Crippen LogP contribution >= 0.6 is 12.4 Å². The lowest BCUT2D eigenvalue weighted by Gasteiger charge is -2.26. The average molecular weight is 372 g/mol. The number of carbonyl (C=O) groups is 2. The molecule has 0 aromatic carbocycles. The Kier molecular flexibility index (Phi) is 7.52. The van der Waals surface area contributed by atoms with E-state index in [1.165, 1.54) is 0 Å². The molecule has 0 spiro atoms. The first kappa shape index (κ1) is 19.5. The molecule has 0 bridgehead atoms. The van der Waals surface area contributed by atoms with E-state index in [0.717, 1.165) is 38.0 Å². The molecule has 9 heteroatoms. The second-order valence-corrected chi connectivity index (χ2v) is 6.29. The van der Waals surface area contributed by atoms with E-state index in [4.69, 9.17) is 4.74 Å². The maximum absolute atomic E-state index is 12.0. The van der Waals surface area contributed by atoms with Gasteiger partial charge in [-0.2, -0.15) is 5.10 Å². The Morgan fingerprint density at radius 3 is 3.08 bits per heavy atom. The fraction of sp³-hybridized carbons (Fsp3) is 0.688. The molecule has 2 aliphatic rings. The van der Waals surface area contributed by atoms with Crippen molar-refractivity contribution in [2.45, 2.75) is 31.7 Å². The van der Waals surface area contributed by atoms with Crippen molar-refractivity contribution in [3.05, 3.63) is 18.0 Å². The monoisotopic (exact) mass is 371 g/mol. The van der Waals surface area contributed by atoms with Gasteiger partial charge in [0.15, 0.2) is 0 Å². The van der Waals surface area contributed by atoms with Crippen LogP contribution in [0.15, 0.2) is 12.3 Å². The lowest BCUT2D eigenvalue weighted by molar-refractivity contribution is -0.121. The van der Waals surface area contributed by atoms with E-state index < -0.39 is 0 Å². The third-order valence-corrected chi connectivity index (χ3v) is 4.44. The number of piperidine rings is 1. The number of nitrogens with one attached hydrogen (secondary N) is 2. The Labute approximate surface area is 153 Å². The lowest BCUT2D eigenvalue weighted by atomic mass is 9.97. The first-order chi connectivity index (χ1) is 11.7. The summed E-state index contributed by atoms with van der Waals surface area (Å²) in [6, 6.07) is 1.99. The first-order valence-electron chi connectivity index (χ1n) is 8.65. The minimum absolute atomic E-state index is 0. The zero-order valence-electron chi connectivity index (χ0n) is 14.3. The van der Waals surface area contributed by atoms with Gasteiger partial charge in [0, 0.05) is 38.3 Å². The Morgan fingerprint density at radius 1 is 1.44 bits per heavy atom.